The van der Waals surface area contributed by atoms with E-state index >= 15 is 0 Å². The van der Waals surface area contributed by atoms with Gasteiger partial charge >= 0.3 is 6.03 Å². The van der Waals surface area contributed by atoms with Crippen LogP contribution in [0.1, 0.15) is 38.1 Å². The van der Waals surface area contributed by atoms with Crippen LogP contribution in [0.3, 0.4) is 0 Å². The normalized spacial score (nSPS) is 17.1. The molecule has 24 heavy (non-hydrogen) atoms. The highest BCUT2D eigenvalue weighted by Crippen LogP contribution is 2.32. The third-order valence-corrected chi connectivity index (χ3v) is 4.15. The third kappa shape index (κ3) is 3.34. The monoisotopic (exact) mass is 329 g/mol. The Morgan fingerprint density at radius 2 is 2.25 bits per heavy atom. The first-order chi connectivity index (χ1) is 11.7. The smallest absolute Gasteiger partial charge is 0.322 e. The van der Waals surface area contributed by atoms with Crippen LogP contribution in [-0.4, -0.2) is 38.8 Å². The van der Waals surface area contributed by atoms with Gasteiger partial charge in [-0.25, -0.2) is 4.79 Å². The van der Waals surface area contributed by atoms with E-state index in [1.807, 2.05) is 40.8 Å². The van der Waals surface area contributed by atoms with Gasteiger partial charge in [-0.2, -0.15) is 0 Å². The number of para-hydroxylation sites is 2. The number of anilines is 1. The van der Waals surface area contributed by atoms with Gasteiger partial charge in [-0.05, 0) is 31.4 Å². The number of amides is 2. The van der Waals surface area contributed by atoms with Gasteiger partial charge in [0.25, 0.3) is 0 Å². The summed E-state index contributed by atoms with van der Waals surface area (Å²) in [7, 11) is 1.90. The second kappa shape index (κ2) is 7.33. The summed E-state index contributed by atoms with van der Waals surface area (Å²) in [4.78, 5) is 14.6. The molecule has 1 fully saturated rings. The highest BCUT2D eigenvalue weighted by atomic mass is 16.5. The molecule has 1 unspecified atom stereocenters. The Kier molecular flexibility index (Phi) is 4.98. The molecule has 0 saturated carbocycles. The Hall–Kier alpha value is -2.57. The van der Waals surface area contributed by atoms with Crippen molar-refractivity contribution in [1.82, 2.24) is 19.7 Å². The second-order valence-corrected chi connectivity index (χ2v) is 5.93. The van der Waals surface area contributed by atoms with E-state index in [4.69, 9.17) is 4.74 Å². The molecule has 1 atom stereocenters. The molecule has 2 amide bonds. The van der Waals surface area contributed by atoms with E-state index in [0.717, 1.165) is 25.1 Å². The van der Waals surface area contributed by atoms with Crippen LogP contribution in [0.2, 0.25) is 0 Å². The van der Waals surface area contributed by atoms with Gasteiger partial charge in [0.05, 0.1) is 18.3 Å². The highest BCUT2D eigenvalue weighted by Gasteiger charge is 2.33. The average Bonchev–Trinajstić information content (AvgIpc) is 3.22. The van der Waals surface area contributed by atoms with Gasteiger partial charge in [-0.3, -0.25) is 0 Å². The van der Waals surface area contributed by atoms with Crippen molar-refractivity contribution in [2.24, 2.45) is 7.05 Å². The number of ether oxygens (including phenoxy) is 1. The van der Waals surface area contributed by atoms with Crippen molar-refractivity contribution in [2.75, 3.05) is 18.5 Å². The molecule has 1 aromatic carbocycles. The Morgan fingerprint density at radius 3 is 3.00 bits per heavy atom. The Bertz CT molecular complexity index is 700. The van der Waals surface area contributed by atoms with Crippen LogP contribution in [-0.2, 0) is 7.05 Å². The lowest BCUT2D eigenvalue weighted by atomic mass is 10.2. The van der Waals surface area contributed by atoms with Gasteiger partial charge < -0.3 is 19.5 Å². The fourth-order valence-electron chi connectivity index (χ4n) is 2.97. The number of aromatic nitrogens is 3. The topological polar surface area (TPSA) is 72.3 Å². The van der Waals surface area contributed by atoms with Crippen molar-refractivity contribution in [3.8, 4) is 5.75 Å². The molecule has 0 bridgehead atoms. The number of nitrogens with zero attached hydrogens (tertiary/aromatic N) is 4. The predicted molar refractivity (Wildman–Crippen MR) is 90.9 cm³/mol. The van der Waals surface area contributed by atoms with Gasteiger partial charge in [0.15, 0.2) is 5.82 Å². The summed E-state index contributed by atoms with van der Waals surface area (Å²) in [5, 5.41) is 11.1. The zero-order chi connectivity index (χ0) is 16.9. The molecule has 0 radical (unpaired) electrons. The summed E-state index contributed by atoms with van der Waals surface area (Å²) in [6, 6.07) is 7.35. The maximum Gasteiger partial charge on any atom is 0.322 e. The zero-order valence-electron chi connectivity index (χ0n) is 14.1. The molecule has 0 aliphatic carbocycles. The van der Waals surface area contributed by atoms with Crippen molar-refractivity contribution >= 4 is 11.7 Å². The Labute approximate surface area is 141 Å². The van der Waals surface area contributed by atoms with Crippen molar-refractivity contribution in [2.45, 2.75) is 32.2 Å². The lowest BCUT2D eigenvalue weighted by Gasteiger charge is -2.24. The molecule has 7 heteroatoms. The molecule has 7 nitrogen and oxygen atoms in total. The molecule has 1 N–H and O–H groups in total. The molecule has 1 saturated heterocycles. The number of aryl methyl sites for hydroxylation is 1. The quantitative estimate of drug-likeness (QED) is 0.915. The summed E-state index contributed by atoms with van der Waals surface area (Å²) in [5.74, 6) is 1.51. The van der Waals surface area contributed by atoms with E-state index in [2.05, 4.69) is 22.4 Å². The maximum absolute atomic E-state index is 12.8. The number of urea groups is 1. The first-order valence-corrected chi connectivity index (χ1v) is 8.34. The van der Waals surface area contributed by atoms with E-state index in [-0.39, 0.29) is 12.1 Å². The minimum absolute atomic E-state index is 0.0405. The SMILES string of the molecule is CCCOc1ccccc1NC(=O)N1CCCC1c1nncn1C. The summed E-state index contributed by atoms with van der Waals surface area (Å²) in [6.07, 6.45) is 4.44. The van der Waals surface area contributed by atoms with Crippen LogP contribution in [0.4, 0.5) is 10.5 Å². The Morgan fingerprint density at radius 1 is 1.42 bits per heavy atom. The van der Waals surface area contributed by atoms with Gasteiger partial charge in [-0.1, -0.05) is 19.1 Å². The number of carbonyl (C=O) groups excluding carboxylic acids is 1. The maximum atomic E-state index is 12.8. The molecule has 2 aromatic rings. The molecule has 1 aliphatic rings. The van der Waals surface area contributed by atoms with Crippen LogP contribution >= 0.6 is 0 Å². The third-order valence-electron chi connectivity index (χ3n) is 4.15. The summed E-state index contributed by atoms with van der Waals surface area (Å²) in [6.45, 7) is 3.39. The van der Waals surface area contributed by atoms with E-state index in [1.165, 1.54) is 0 Å². The molecule has 2 heterocycles. The van der Waals surface area contributed by atoms with Crippen LogP contribution < -0.4 is 10.1 Å². The van der Waals surface area contributed by atoms with Crippen LogP contribution in [0.25, 0.3) is 0 Å². The average molecular weight is 329 g/mol. The van der Waals surface area contributed by atoms with E-state index in [1.54, 1.807) is 6.33 Å². The van der Waals surface area contributed by atoms with Crippen molar-refractivity contribution < 1.29 is 9.53 Å². The summed E-state index contributed by atoms with van der Waals surface area (Å²) in [5.41, 5.74) is 0.694. The Balaban J connectivity index is 1.74. The van der Waals surface area contributed by atoms with E-state index < -0.39 is 0 Å². The van der Waals surface area contributed by atoms with Gasteiger partial charge in [-0.15, -0.1) is 10.2 Å². The molecule has 1 aliphatic heterocycles. The standard InChI is InChI=1S/C17H23N5O2/c1-3-11-24-15-9-5-4-7-13(15)19-17(23)22-10-6-8-14(22)16-20-18-12-21(16)2/h4-5,7,9,12,14H,3,6,8,10-11H2,1-2H3,(H,19,23). The number of nitrogens with one attached hydrogen (secondary N) is 1. The minimum atomic E-state index is -0.131. The van der Waals surface area contributed by atoms with Crippen LogP contribution in [0.5, 0.6) is 5.75 Å². The van der Waals surface area contributed by atoms with Crippen molar-refractivity contribution in [3.05, 3.63) is 36.4 Å². The lowest BCUT2D eigenvalue weighted by Crippen LogP contribution is -2.35. The highest BCUT2D eigenvalue weighted by molar-refractivity contribution is 5.91. The van der Waals surface area contributed by atoms with Gasteiger partial charge in [0.2, 0.25) is 0 Å². The number of carbonyl (C=O) groups is 1. The molecule has 1 aromatic heterocycles. The summed E-state index contributed by atoms with van der Waals surface area (Å²) < 4.78 is 7.58. The van der Waals surface area contributed by atoms with Gasteiger partial charge in [0.1, 0.15) is 12.1 Å². The molecular weight excluding hydrogens is 306 g/mol. The fourth-order valence-corrected chi connectivity index (χ4v) is 2.97. The number of benzene rings is 1. The predicted octanol–water partition coefficient (Wildman–Crippen LogP) is 2.97. The van der Waals surface area contributed by atoms with E-state index in [0.29, 0.717) is 24.6 Å². The first-order valence-electron chi connectivity index (χ1n) is 8.34. The molecule has 3 rings (SSSR count). The lowest BCUT2D eigenvalue weighted by molar-refractivity contribution is 0.204. The molecule has 128 valence electrons. The number of rotatable bonds is 5. The largest absolute Gasteiger partial charge is 0.491 e. The van der Waals surface area contributed by atoms with Crippen LogP contribution in [0, 0.1) is 0 Å². The second-order valence-electron chi connectivity index (χ2n) is 5.93. The minimum Gasteiger partial charge on any atom is -0.491 e. The first kappa shape index (κ1) is 16.3. The van der Waals surface area contributed by atoms with Crippen molar-refractivity contribution in [1.29, 1.82) is 0 Å². The van der Waals surface area contributed by atoms with Crippen molar-refractivity contribution in [3.63, 3.8) is 0 Å². The number of hydrogen-bond donors (Lipinski definition) is 1. The van der Waals surface area contributed by atoms with E-state index in [9.17, 15) is 4.79 Å². The zero-order valence-corrected chi connectivity index (χ0v) is 14.1. The van der Waals surface area contributed by atoms with Gasteiger partial charge in [0, 0.05) is 13.6 Å². The number of hydrogen-bond acceptors (Lipinski definition) is 4. The molecular formula is C17H23N5O2. The number of likely N-dealkylation sites (tertiary alicyclic amines) is 1. The fraction of sp³-hybridized carbons (Fsp3) is 0.471. The molecule has 0 spiro atoms. The summed E-state index contributed by atoms with van der Waals surface area (Å²) >= 11 is 0. The van der Waals surface area contributed by atoms with Crippen LogP contribution in [0.15, 0.2) is 30.6 Å².